The predicted octanol–water partition coefficient (Wildman–Crippen LogP) is 17.4. The van der Waals surface area contributed by atoms with Crippen LogP contribution in [0.2, 0.25) is 0 Å². The largest absolute Gasteiger partial charge is 0.481 e. The highest BCUT2D eigenvalue weighted by molar-refractivity contribution is 6.03. The van der Waals surface area contributed by atoms with Crippen LogP contribution in [-0.4, -0.2) is 170 Å². The van der Waals surface area contributed by atoms with E-state index in [2.05, 4.69) is 37.2 Å². The number of nitrogens with two attached hydrogens (primary N) is 1. The highest BCUT2D eigenvalue weighted by Crippen LogP contribution is 2.32. The van der Waals surface area contributed by atoms with Crippen LogP contribution in [0.4, 0.5) is 0 Å². The maximum atomic E-state index is 11.8. The number of Topliss-reactive ketones (excluding diaryl/α,β-unsaturated/α-hetero) is 16. The van der Waals surface area contributed by atoms with Crippen molar-refractivity contribution < 1.29 is 111 Å². The van der Waals surface area contributed by atoms with E-state index >= 15 is 0 Å². The summed E-state index contributed by atoms with van der Waals surface area (Å²) in [5.41, 5.74) is 10.5. The van der Waals surface area contributed by atoms with Crippen molar-refractivity contribution in [3.63, 3.8) is 0 Å². The van der Waals surface area contributed by atoms with Gasteiger partial charge in [-0.2, -0.15) is 0 Å². The minimum absolute atomic E-state index is 0.0000945. The third-order valence-electron chi connectivity index (χ3n) is 20.9. The number of aliphatic carboxylic acids is 2. The van der Waals surface area contributed by atoms with E-state index in [1.807, 2.05) is 69.2 Å². The molecule has 30 nitrogen and oxygen atoms in total. The van der Waals surface area contributed by atoms with Crippen LogP contribution >= 0.6 is 0 Å². The van der Waals surface area contributed by atoms with Gasteiger partial charge in [0.05, 0.1) is 31.2 Å². The molecule has 0 saturated heterocycles. The summed E-state index contributed by atoms with van der Waals surface area (Å²) in [6.07, 6.45) is 13.4. The number of benzene rings is 1. The second kappa shape index (κ2) is 63.4. The summed E-state index contributed by atoms with van der Waals surface area (Å²) in [7, 11) is 0. The van der Waals surface area contributed by atoms with Crippen LogP contribution in [0.25, 0.3) is 0 Å². The molecule has 7 rings (SSSR count). The predicted molar refractivity (Wildman–Crippen MR) is 503 cm³/mol. The fourth-order valence-electron chi connectivity index (χ4n) is 12.2. The summed E-state index contributed by atoms with van der Waals surface area (Å²) in [5, 5.41) is 20.1. The summed E-state index contributed by atoms with van der Waals surface area (Å²) < 4.78 is 5.25. The third-order valence-corrected chi connectivity index (χ3v) is 20.9. The van der Waals surface area contributed by atoms with Crippen molar-refractivity contribution in [2.75, 3.05) is 6.54 Å². The van der Waals surface area contributed by atoms with Crippen molar-refractivity contribution >= 4 is 116 Å². The van der Waals surface area contributed by atoms with Crippen molar-refractivity contribution in [1.82, 2.24) is 30.2 Å². The molecule has 0 aliphatic heterocycles. The molecule has 0 unspecified atom stereocenters. The maximum absolute atomic E-state index is 11.8. The van der Waals surface area contributed by atoms with Gasteiger partial charge in [-0.25, -0.2) is 9.97 Å². The number of ether oxygens (including phenoxy) is 1. The molecule has 2 fully saturated rings. The Morgan fingerprint density at radius 2 is 0.758 bits per heavy atom. The van der Waals surface area contributed by atoms with E-state index in [4.69, 9.17) is 20.7 Å². The molecule has 5 N–H and O–H groups in total. The number of rotatable bonds is 37. The number of carboxylic acid groups (broad SMARTS) is 2. The molecular formula is C102H145N7O23. The lowest BCUT2D eigenvalue weighted by atomic mass is 9.77. The van der Waals surface area contributed by atoms with Crippen LogP contribution in [0, 0.1) is 82.9 Å². The third kappa shape index (κ3) is 49.0. The first-order valence-corrected chi connectivity index (χ1v) is 45.1. The summed E-state index contributed by atoms with van der Waals surface area (Å²) >= 11 is 0. The molecule has 4 heterocycles. The number of nitrogens with one attached hydrogen (secondary N) is 1. The van der Waals surface area contributed by atoms with E-state index in [-0.39, 0.29) is 213 Å². The lowest BCUT2D eigenvalue weighted by Crippen LogP contribution is -2.35. The van der Waals surface area contributed by atoms with Crippen LogP contribution in [0.1, 0.15) is 375 Å². The van der Waals surface area contributed by atoms with Crippen LogP contribution in [0.3, 0.4) is 0 Å². The SMILES string of the molecule is CC(=O)[C@@H](CCC(=O)C(C)C)CC(=O)O.CC(=O)[C@@H]1C[C@H](OC(=O)C(C)C)[C@@H](N)C1.CC(=O)[C@H](CCC(=O)C(C)C)CC(=O)O.CC(=O)c1cc(C(=O)C(C)C)ccn1.CC(=O)c1ccc(C(=O)C(C)C)cc1.CC(=O)c1ccc(C(=O)C(C)C)cn1.CC(=O)c1ccc(C(=O)C(C)C)nc1.CC(=O)c1cnc(C(=O)C(C)C)cn1.CCCNC(=O)C1CCC(C(=O)C(C)C)CC1. The average Bonchev–Trinajstić information content (AvgIpc) is 1.71. The molecule has 726 valence electrons. The van der Waals surface area contributed by atoms with Crippen LogP contribution in [0.5, 0.6) is 0 Å². The Hall–Kier alpha value is -11.7. The molecule has 2 aliphatic carbocycles. The maximum Gasteiger partial charge on any atom is 0.308 e. The van der Waals surface area contributed by atoms with Gasteiger partial charge < -0.3 is 26.0 Å². The Morgan fingerprint density at radius 1 is 0.379 bits per heavy atom. The number of hydrogen-bond acceptors (Lipinski definition) is 27. The van der Waals surface area contributed by atoms with Gasteiger partial charge in [0.25, 0.3) is 0 Å². The molecule has 4 aromatic heterocycles. The van der Waals surface area contributed by atoms with Crippen molar-refractivity contribution in [1.29, 1.82) is 0 Å². The van der Waals surface area contributed by atoms with Gasteiger partial charge in [0, 0.05) is 170 Å². The molecule has 1 aromatic carbocycles. The topological polar surface area (TPSA) is 494 Å². The zero-order valence-electron chi connectivity index (χ0n) is 82.6. The number of carbonyl (C=O) groups is 20. The summed E-state index contributed by atoms with van der Waals surface area (Å²) in [4.78, 5) is 244. The van der Waals surface area contributed by atoms with Gasteiger partial charge in [-0.05, 0) is 129 Å². The lowest BCUT2D eigenvalue weighted by molar-refractivity contribution is -0.153. The van der Waals surface area contributed by atoms with Crippen molar-refractivity contribution in [3.8, 4) is 0 Å². The van der Waals surface area contributed by atoms with Gasteiger partial charge >= 0.3 is 17.9 Å². The minimum Gasteiger partial charge on any atom is -0.481 e. The molecule has 1 amide bonds. The first kappa shape index (κ1) is 122. The highest BCUT2D eigenvalue weighted by atomic mass is 16.5. The second-order valence-electron chi connectivity index (χ2n) is 35.6. The number of hydrogen-bond donors (Lipinski definition) is 4. The first-order valence-electron chi connectivity index (χ1n) is 45.1. The molecule has 0 radical (unpaired) electrons. The molecule has 30 heteroatoms. The van der Waals surface area contributed by atoms with Crippen molar-refractivity contribution in [2.45, 2.75) is 283 Å². The van der Waals surface area contributed by atoms with Gasteiger partial charge in [0.15, 0.2) is 57.8 Å². The molecule has 2 aliphatic rings. The molecule has 132 heavy (non-hydrogen) atoms. The van der Waals surface area contributed by atoms with E-state index in [1.54, 1.807) is 123 Å². The van der Waals surface area contributed by atoms with E-state index in [9.17, 15) is 95.9 Å². The molecule has 5 aromatic rings. The minimum atomic E-state index is -0.993. The summed E-state index contributed by atoms with van der Waals surface area (Å²) in [6, 6.07) is 16.2. The van der Waals surface area contributed by atoms with Crippen molar-refractivity contribution in [2.24, 2.45) is 88.6 Å². The van der Waals surface area contributed by atoms with Gasteiger partial charge in [-0.1, -0.05) is 156 Å². The first-order chi connectivity index (χ1) is 61.3. The Kier molecular flexibility index (Phi) is 58.8. The van der Waals surface area contributed by atoms with Crippen LogP contribution in [0.15, 0.2) is 91.6 Å². The smallest absolute Gasteiger partial charge is 0.308 e. The number of carboxylic acids is 2. The van der Waals surface area contributed by atoms with Gasteiger partial charge in [-0.3, -0.25) is 111 Å². The standard InChI is InChI=1S/C14H25NO2.C12H14O2.C11H19NO3.3C11H13NO2.2C11H18O4.C10H12N2O2/c1-4-9-15-14(17)12-7-5-11(6-8-12)13(16)10(2)3;1-8(2)12(14)11-6-4-10(5-7-11)9(3)13;1-6(2)11(14)15-10-5-8(7(3)13)4-9(10)12;1-7(2)11(14)9-4-5-12-10(6-9)8(3)13;1-7(2)11(14)9-4-5-10(8(3)13)12-6-9;1-7(2)11(14)10-5-4-9(6-12-10)8(3)13;2*1-7(2)10(13)5-4-9(8(3)12)6-11(14)15;1-6(2)10(14)9-5-11-8(4-12-9)7(3)13/h10-12H,4-9H2,1-3H3,(H,15,17);4-8H,1-3H3;6,8-10H,4-5,12H2,1-3H3;3*4-7H,1-3H3;2*7,9H,4-6H2,1-3H3,(H,14,15);4-6H,1-3H3/t;;8-,9-,10-;;;;2*9-;/m..0...10./s1. The van der Waals surface area contributed by atoms with E-state index in [0.717, 1.165) is 38.6 Å². The molecule has 2 saturated carbocycles. The molecular weight excluding hydrogens is 1690 g/mol. The van der Waals surface area contributed by atoms with E-state index in [1.165, 1.54) is 79.5 Å². The fourth-order valence-corrected chi connectivity index (χ4v) is 12.2. The molecule has 0 bridgehead atoms. The zero-order chi connectivity index (χ0) is 102. The Bertz CT molecular complexity index is 4320. The van der Waals surface area contributed by atoms with E-state index in [0.29, 0.717) is 82.1 Å². The van der Waals surface area contributed by atoms with Gasteiger partial charge in [-0.15, -0.1) is 0 Å². The quantitative estimate of drug-likeness (QED) is 0.0212. The Labute approximate surface area is 779 Å². The lowest BCUT2D eigenvalue weighted by Gasteiger charge is -2.27. The number of carbonyl (C=O) groups excluding carboxylic acids is 18. The summed E-state index contributed by atoms with van der Waals surface area (Å²) in [6.45, 7) is 47.4. The molecule has 5 atom stereocenters. The Balaban J connectivity index is 0. The number of amides is 1. The van der Waals surface area contributed by atoms with E-state index < -0.39 is 23.8 Å². The second-order valence-corrected chi connectivity index (χ2v) is 35.6. The average molecular weight is 1840 g/mol. The van der Waals surface area contributed by atoms with Gasteiger partial charge in [0.2, 0.25) is 5.91 Å². The number of pyridine rings is 3. The number of ketones is 16. The van der Waals surface area contributed by atoms with Crippen LogP contribution < -0.4 is 11.1 Å². The zero-order valence-corrected chi connectivity index (χ0v) is 82.6. The Morgan fingerprint density at radius 3 is 1.11 bits per heavy atom. The normalized spacial score (nSPS) is 15.0. The number of nitrogens with zero attached hydrogens (tertiary/aromatic N) is 5. The fraction of sp³-hybridized carbons (Fsp3) is 0.559. The number of aromatic nitrogens is 5. The van der Waals surface area contributed by atoms with Crippen molar-refractivity contribution in [3.05, 3.63) is 148 Å². The van der Waals surface area contributed by atoms with Gasteiger partial charge in [0.1, 0.15) is 69.3 Å². The molecule has 0 spiro atoms. The highest BCUT2D eigenvalue weighted by Gasteiger charge is 2.37. The monoisotopic (exact) mass is 1840 g/mol. The number of esters is 1. The van der Waals surface area contributed by atoms with Crippen LogP contribution in [-0.2, 0) is 52.7 Å². The summed E-state index contributed by atoms with van der Waals surface area (Å²) in [5.74, 6) is -3.09.